The van der Waals surface area contributed by atoms with E-state index in [9.17, 15) is 13.7 Å². The summed E-state index contributed by atoms with van der Waals surface area (Å²) in [6.45, 7) is 8.59. The number of carbonyl (C=O) groups is 1. The Morgan fingerprint density at radius 1 is 1.38 bits per heavy atom. The topological polar surface area (TPSA) is 90.4 Å². The molecule has 0 spiro atoms. The molecule has 4 atom stereocenters. The summed E-state index contributed by atoms with van der Waals surface area (Å²) in [5, 5.41) is 1.86. The molecule has 1 aliphatic carbocycles. The molecule has 1 aliphatic heterocycles. The molecule has 1 saturated heterocycles. The van der Waals surface area contributed by atoms with Crippen LogP contribution in [0.3, 0.4) is 0 Å². The molecule has 174 valence electrons. The Labute approximate surface area is 195 Å². The number of rotatable bonds is 7. The quantitative estimate of drug-likeness (QED) is 0.477. The van der Waals surface area contributed by atoms with Crippen LogP contribution in [-0.2, 0) is 16.2 Å². The van der Waals surface area contributed by atoms with Crippen LogP contribution in [-0.4, -0.2) is 55.4 Å². The molecule has 2 aliphatic rings. The summed E-state index contributed by atoms with van der Waals surface area (Å²) in [7, 11) is 0. The highest BCUT2D eigenvalue weighted by atomic mass is 35.5. The minimum atomic E-state index is -1.25. The monoisotopic (exact) mass is 482 g/mol. The first-order chi connectivity index (χ1) is 15.1. The Morgan fingerprint density at radius 2 is 2.06 bits per heavy atom. The van der Waals surface area contributed by atoms with Crippen molar-refractivity contribution < 1.29 is 18.5 Å². The van der Waals surface area contributed by atoms with E-state index >= 15 is 0 Å². The van der Waals surface area contributed by atoms with Gasteiger partial charge in [-0.2, -0.15) is 0 Å². The van der Waals surface area contributed by atoms with Crippen molar-refractivity contribution in [1.29, 1.82) is 0 Å². The van der Waals surface area contributed by atoms with E-state index in [2.05, 4.69) is 14.7 Å². The van der Waals surface area contributed by atoms with Crippen LogP contribution in [0.4, 0.5) is 4.39 Å². The van der Waals surface area contributed by atoms with Crippen molar-refractivity contribution >= 4 is 39.6 Å². The second kappa shape index (κ2) is 8.93. The molecule has 10 heteroatoms. The Kier molecular flexibility index (Phi) is 6.55. The molecule has 1 saturated carbocycles. The van der Waals surface area contributed by atoms with Crippen molar-refractivity contribution in [3.63, 3.8) is 0 Å². The zero-order valence-electron chi connectivity index (χ0n) is 18.6. The fourth-order valence-electron chi connectivity index (χ4n) is 3.66. The molecular formula is C22H28ClFN4O3S. The molecular weight excluding hydrogens is 455 g/mol. The standard InChI is InChI=1S/C22H28ClFN4O3S/c1-5-18(27-32(30)22(2,3)4)15-8-26-20(16-9-25-19(23)7-13(15)16)31-12-10-28(11-12)21(29)14-6-17(14)24/h7-9,12,14,17-18,27H,5-6,10-11H2,1-4H3/t14?,17-,18-,32?/m0/s1. The van der Waals surface area contributed by atoms with Gasteiger partial charge in [-0.25, -0.2) is 14.4 Å². The number of halogens is 2. The van der Waals surface area contributed by atoms with E-state index in [-0.39, 0.29) is 18.1 Å². The van der Waals surface area contributed by atoms with Crippen molar-refractivity contribution in [1.82, 2.24) is 19.6 Å². The van der Waals surface area contributed by atoms with Crippen LogP contribution in [0.2, 0.25) is 5.15 Å². The summed E-state index contributed by atoms with van der Waals surface area (Å²) in [5.41, 5.74) is 0.866. The summed E-state index contributed by atoms with van der Waals surface area (Å²) in [5.74, 6) is -0.202. The van der Waals surface area contributed by atoms with E-state index in [1.54, 1.807) is 23.4 Å². The highest BCUT2D eigenvalue weighted by Gasteiger charge is 2.48. The first kappa shape index (κ1) is 23.5. The van der Waals surface area contributed by atoms with Crippen molar-refractivity contribution in [2.45, 2.75) is 63.6 Å². The van der Waals surface area contributed by atoms with Gasteiger partial charge in [0.05, 0.1) is 30.4 Å². The van der Waals surface area contributed by atoms with Gasteiger partial charge in [0.1, 0.15) is 22.2 Å². The van der Waals surface area contributed by atoms with E-state index in [0.717, 1.165) is 10.9 Å². The lowest BCUT2D eigenvalue weighted by atomic mass is 10.0. The van der Waals surface area contributed by atoms with Crippen LogP contribution in [0.15, 0.2) is 18.5 Å². The number of likely N-dealkylation sites (tertiary alicyclic amines) is 1. The number of carbonyl (C=O) groups excluding carboxylic acids is 1. The predicted octanol–water partition coefficient (Wildman–Crippen LogP) is 3.73. The van der Waals surface area contributed by atoms with Gasteiger partial charge < -0.3 is 14.2 Å². The van der Waals surface area contributed by atoms with Crippen LogP contribution in [0.5, 0.6) is 5.88 Å². The Balaban J connectivity index is 1.54. The summed E-state index contributed by atoms with van der Waals surface area (Å²) in [6.07, 6.45) is 3.17. The number of nitrogens with one attached hydrogen (secondary N) is 1. The second-order valence-electron chi connectivity index (χ2n) is 9.37. The largest absolute Gasteiger partial charge is 0.598 e. The number of pyridine rings is 2. The first-order valence-electron chi connectivity index (χ1n) is 10.8. The number of alkyl halides is 1. The van der Waals surface area contributed by atoms with Crippen molar-refractivity contribution in [2.24, 2.45) is 5.92 Å². The minimum Gasteiger partial charge on any atom is -0.598 e. The molecule has 2 aromatic rings. The van der Waals surface area contributed by atoms with E-state index < -0.39 is 28.2 Å². The molecule has 0 bridgehead atoms. The van der Waals surface area contributed by atoms with Gasteiger partial charge in [0.2, 0.25) is 11.8 Å². The summed E-state index contributed by atoms with van der Waals surface area (Å²) < 4.78 is 34.7. The zero-order chi connectivity index (χ0) is 23.2. The fraction of sp³-hybridized carbons (Fsp3) is 0.591. The third kappa shape index (κ3) is 4.81. The van der Waals surface area contributed by atoms with Gasteiger partial charge in [0.25, 0.3) is 0 Å². The zero-order valence-corrected chi connectivity index (χ0v) is 20.2. The molecule has 1 amide bonds. The Bertz CT molecular complexity index is 1010. The van der Waals surface area contributed by atoms with Gasteiger partial charge in [-0.15, -0.1) is 4.72 Å². The number of ether oxygens (including phenoxy) is 1. The predicted molar refractivity (Wildman–Crippen MR) is 123 cm³/mol. The maximum absolute atomic E-state index is 13.1. The number of amides is 1. The van der Waals surface area contributed by atoms with E-state index in [1.165, 1.54) is 0 Å². The van der Waals surface area contributed by atoms with Crippen LogP contribution < -0.4 is 9.46 Å². The average Bonchev–Trinajstić information content (AvgIpc) is 3.43. The van der Waals surface area contributed by atoms with Crippen LogP contribution in [0.25, 0.3) is 10.8 Å². The van der Waals surface area contributed by atoms with Crippen molar-refractivity contribution in [3.8, 4) is 5.88 Å². The van der Waals surface area contributed by atoms with Crippen LogP contribution in [0, 0.1) is 5.92 Å². The molecule has 32 heavy (non-hydrogen) atoms. The van der Waals surface area contributed by atoms with Gasteiger partial charge in [-0.1, -0.05) is 18.5 Å². The smallest absolute Gasteiger partial charge is 0.228 e. The highest BCUT2D eigenvalue weighted by molar-refractivity contribution is 7.90. The summed E-state index contributed by atoms with van der Waals surface area (Å²) in [6, 6.07) is 1.57. The number of nitrogens with zero attached hydrogens (tertiary/aromatic N) is 3. The summed E-state index contributed by atoms with van der Waals surface area (Å²) in [4.78, 5) is 22.4. The SMILES string of the molecule is CC[C@H](N[S+]([O-])C(C)(C)C)c1cnc(OC2CN(C(=O)C3C[C@@H]3F)C2)c2cnc(Cl)cc12. The lowest BCUT2D eigenvalue weighted by Gasteiger charge is -2.39. The van der Waals surface area contributed by atoms with Crippen molar-refractivity contribution in [2.75, 3.05) is 13.1 Å². The van der Waals surface area contributed by atoms with Gasteiger partial charge in [0.15, 0.2) is 0 Å². The van der Waals surface area contributed by atoms with Gasteiger partial charge in [-0.3, -0.25) is 4.79 Å². The molecule has 0 aromatic carbocycles. The third-order valence-corrected chi connectivity index (χ3v) is 7.61. The van der Waals surface area contributed by atoms with E-state index in [4.69, 9.17) is 16.3 Å². The number of fused-ring (bicyclic) bond motifs is 1. The van der Waals surface area contributed by atoms with Gasteiger partial charge in [-0.05, 0) is 45.1 Å². The normalized spacial score (nSPS) is 23.0. The summed E-state index contributed by atoms with van der Waals surface area (Å²) >= 11 is 4.93. The Hall–Kier alpha value is -1.68. The maximum Gasteiger partial charge on any atom is 0.228 e. The Morgan fingerprint density at radius 3 is 2.66 bits per heavy atom. The van der Waals surface area contributed by atoms with Crippen LogP contribution >= 0.6 is 11.6 Å². The number of aromatic nitrogens is 2. The number of hydrogen-bond acceptors (Lipinski definition) is 6. The van der Waals surface area contributed by atoms with Gasteiger partial charge >= 0.3 is 0 Å². The van der Waals surface area contributed by atoms with E-state index in [0.29, 0.717) is 42.4 Å². The average molecular weight is 483 g/mol. The molecule has 2 fully saturated rings. The molecule has 7 nitrogen and oxygen atoms in total. The highest BCUT2D eigenvalue weighted by Crippen LogP contribution is 2.37. The molecule has 3 heterocycles. The lowest BCUT2D eigenvalue weighted by Crippen LogP contribution is -2.56. The molecule has 2 unspecified atom stereocenters. The number of hydrogen-bond donors (Lipinski definition) is 1. The first-order valence-corrected chi connectivity index (χ1v) is 12.3. The molecule has 4 rings (SSSR count). The lowest BCUT2D eigenvalue weighted by molar-refractivity contribution is -0.141. The maximum atomic E-state index is 13.1. The van der Waals surface area contributed by atoms with Crippen molar-refractivity contribution in [3.05, 3.63) is 29.2 Å². The molecule has 2 aromatic heterocycles. The van der Waals surface area contributed by atoms with E-state index in [1.807, 2.05) is 27.7 Å². The van der Waals surface area contributed by atoms with Crippen LogP contribution in [0.1, 0.15) is 52.1 Å². The van der Waals surface area contributed by atoms with Gasteiger partial charge in [0, 0.05) is 29.3 Å². The fourth-order valence-corrected chi connectivity index (χ4v) is 4.72. The molecule has 1 N–H and O–H groups in total. The minimum absolute atomic E-state index is 0.136. The third-order valence-electron chi connectivity index (χ3n) is 5.79. The second-order valence-corrected chi connectivity index (χ2v) is 11.8. The molecule has 0 radical (unpaired) electrons.